The second-order valence-electron chi connectivity index (χ2n) is 4.85. The first-order valence-electron chi connectivity index (χ1n) is 5.36. The Morgan fingerprint density at radius 2 is 2.24 bits per heavy atom. The summed E-state index contributed by atoms with van der Waals surface area (Å²) in [4.78, 5) is 0.995. The second-order valence-corrected chi connectivity index (χ2v) is 5.64. The first-order valence-corrected chi connectivity index (χ1v) is 6.13. The fourth-order valence-electron chi connectivity index (χ4n) is 1.65. The summed E-state index contributed by atoms with van der Waals surface area (Å²) in [5.74, 6) is 6.38. The Morgan fingerprint density at radius 1 is 1.47 bits per heavy atom. The molecule has 1 unspecified atom stereocenters. The zero-order valence-electron chi connectivity index (χ0n) is 10.1. The number of nitrogens with zero attached hydrogens (tertiary/aromatic N) is 2. The van der Waals surface area contributed by atoms with Gasteiger partial charge in [-0.05, 0) is 23.7 Å². The van der Waals surface area contributed by atoms with Gasteiger partial charge in [0.1, 0.15) is 11.8 Å². The van der Waals surface area contributed by atoms with E-state index in [1.807, 2.05) is 12.1 Å². The number of rotatable bonds is 3. The third-order valence-electron chi connectivity index (χ3n) is 2.48. The van der Waals surface area contributed by atoms with Gasteiger partial charge < -0.3 is 4.42 Å². The monoisotopic (exact) mass is 252 g/mol. The van der Waals surface area contributed by atoms with Crippen molar-refractivity contribution >= 4 is 11.5 Å². The van der Waals surface area contributed by atoms with Crippen LogP contribution in [-0.4, -0.2) is 9.59 Å². The van der Waals surface area contributed by atoms with Crippen molar-refractivity contribution in [2.75, 3.05) is 0 Å². The van der Waals surface area contributed by atoms with Crippen molar-refractivity contribution in [2.45, 2.75) is 32.2 Å². The first kappa shape index (κ1) is 12.2. The molecule has 0 bridgehead atoms. The predicted octanol–water partition coefficient (Wildman–Crippen LogP) is 1.98. The normalized spacial score (nSPS) is 13.9. The third-order valence-corrected chi connectivity index (χ3v) is 3.27. The molecule has 2 heterocycles. The highest BCUT2D eigenvalue weighted by Gasteiger charge is 2.28. The van der Waals surface area contributed by atoms with E-state index in [2.05, 4.69) is 35.8 Å². The quantitative estimate of drug-likeness (QED) is 0.645. The van der Waals surface area contributed by atoms with E-state index in [0.717, 1.165) is 16.3 Å². The van der Waals surface area contributed by atoms with Gasteiger partial charge in [-0.25, -0.2) is 5.43 Å². The van der Waals surface area contributed by atoms with Crippen molar-refractivity contribution < 1.29 is 4.42 Å². The molecule has 0 aliphatic heterocycles. The molecule has 0 aromatic carbocycles. The van der Waals surface area contributed by atoms with Crippen LogP contribution in [0.25, 0.3) is 0 Å². The smallest absolute Gasteiger partial charge is 0.127 e. The molecular formula is C11H16N4OS. The van der Waals surface area contributed by atoms with Gasteiger partial charge >= 0.3 is 0 Å². The zero-order chi connectivity index (χ0) is 12.5. The predicted molar refractivity (Wildman–Crippen MR) is 66.5 cm³/mol. The number of hydrazine groups is 1. The van der Waals surface area contributed by atoms with Crippen LogP contribution >= 0.6 is 11.5 Å². The maximum Gasteiger partial charge on any atom is 0.127 e. The van der Waals surface area contributed by atoms with Gasteiger partial charge in [-0.1, -0.05) is 25.3 Å². The molecule has 2 rings (SSSR count). The molecule has 6 heteroatoms. The number of hydrogen-bond donors (Lipinski definition) is 2. The van der Waals surface area contributed by atoms with Crippen LogP contribution in [0.15, 0.2) is 22.8 Å². The molecular weight excluding hydrogens is 236 g/mol. The average Bonchev–Trinajstić information content (AvgIpc) is 2.87. The van der Waals surface area contributed by atoms with Gasteiger partial charge in [-0.15, -0.1) is 5.10 Å². The lowest BCUT2D eigenvalue weighted by atomic mass is 9.90. The largest absolute Gasteiger partial charge is 0.467 e. The summed E-state index contributed by atoms with van der Waals surface area (Å²) in [6.07, 6.45) is 1.63. The van der Waals surface area contributed by atoms with Crippen LogP contribution in [0.5, 0.6) is 0 Å². The molecule has 0 aliphatic rings. The van der Waals surface area contributed by atoms with Crippen LogP contribution < -0.4 is 11.3 Å². The van der Waals surface area contributed by atoms with Crippen molar-refractivity contribution in [3.8, 4) is 0 Å². The Labute approximate surface area is 104 Å². The van der Waals surface area contributed by atoms with Crippen LogP contribution in [0.1, 0.15) is 43.1 Å². The Bertz CT molecular complexity index is 472. The molecule has 2 aromatic rings. The molecule has 92 valence electrons. The molecule has 17 heavy (non-hydrogen) atoms. The van der Waals surface area contributed by atoms with Crippen molar-refractivity contribution in [3.63, 3.8) is 0 Å². The first-order chi connectivity index (χ1) is 8.04. The second kappa shape index (κ2) is 4.56. The molecule has 2 aromatic heterocycles. The van der Waals surface area contributed by atoms with Crippen LogP contribution in [0.3, 0.4) is 0 Å². The van der Waals surface area contributed by atoms with Gasteiger partial charge in [-0.3, -0.25) is 5.84 Å². The van der Waals surface area contributed by atoms with E-state index in [1.54, 1.807) is 6.26 Å². The molecule has 0 amide bonds. The van der Waals surface area contributed by atoms with Gasteiger partial charge in [-0.2, -0.15) is 0 Å². The molecule has 0 fully saturated rings. The van der Waals surface area contributed by atoms with Crippen molar-refractivity contribution in [1.82, 2.24) is 15.0 Å². The number of nitrogens with two attached hydrogens (primary N) is 1. The molecule has 0 radical (unpaired) electrons. The Hall–Kier alpha value is -1.24. The fraction of sp³-hybridized carbons (Fsp3) is 0.455. The van der Waals surface area contributed by atoms with Gasteiger partial charge in [0, 0.05) is 5.41 Å². The molecule has 5 nitrogen and oxygen atoms in total. The van der Waals surface area contributed by atoms with Gasteiger partial charge in [0.05, 0.1) is 16.8 Å². The maximum atomic E-state index is 5.61. The fourth-order valence-corrected chi connectivity index (χ4v) is 2.58. The third kappa shape index (κ3) is 2.38. The molecule has 0 saturated carbocycles. The van der Waals surface area contributed by atoms with E-state index in [9.17, 15) is 0 Å². The summed E-state index contributed by atoms with van der Waals surface area (Å²) < 4.78 is 9.41. The van der Waals surface area contributed by atoms with Crippen LogP contribution in [0, 0.1) is 0 Å². The summed E-state index contributed by atoms with van der Waals surface area (Å²) in [7, 11) is 0. The molecule has 1 atom stereocenters. The van der Waals surface area contributed by atoms with E-state index >= 15 is 0 Å². The van der Waals surface area contributed by atoms with Crippen LogP contribution in [-0.2, 0) is 5.41 Å². The average molecular weight is 252 g/mol. The van der Waals surface area contributed by atoms with Crippen molar-refractivity contribution in [2.24, 2.45) is 5.84 Å². The minimum atomic E-state index is -0.195. The van der Waals surface area contributed by atoms with E-state index in [4.69, 9.17) is 10.3 Å². The maximum absolute atomic E-state index is 5.61. The SMILES string of the molecule is CC(C)(C)c1nnsc1C(NN)c1ccco1. The summed E-state index contributed by atoms with van der Waals surface area (Å²) >= 11 is 1.34. The lowest BCUT2D eigenvalue weighted by Crippen LogP contribution is -2.30. The number of nitrogens with one attached hydrogen (secondary N) is 1. The number of furan rings is 1. The Balaban J connectivity index is 2.42. The highest BCUT2D eigenvalue weighted by Crippen LogP contribution is 2.33. The van der Waals surface area contributed by atoms with E-state index in [1.165, 1.54) is 11.5 Å². The minimum Gasteiger partial charge on any atom is -0.467 e. The van der Waals surface area contributed by atoms with E-state index in [0.29, 0.717) is 0 Å². The number of aromatic nitrogens is 2. The lowest BCUT2D eigenvalue weighted by Gasteiger charge is -2.20. The van der Waals surface area contributed by atoms with Crippen molar-refractivity contribution in [3.05, 3.63) is 34.7 Å². The lowest BCUT2D eigenvalue weighted by molar-refractivity contribution is 0.448. The summed E-state index contributed by atoms with van der Waals surface area (Å²) in [5.41, 5.74) is 3.64. The molecule has 0 aliphatic carbocycles. The van der Waals surface area contributed by atoms with Crippen LogP contribution in [0.4, 0.5) is 0 Å². The van der Waals surface area contributed by atoms with Gasteiger partial charge in [0.25, 0.3) is 0 Å². The zero-order valence-corrected chi connectivity index (χ0v) is 10.9. The highest BCUT2D eigenvalue weighted by atomic mass is 32.1. The minimum absolute atomic E-state index is 0.0655. The summed E-state index contributed by atoms with van der Waals surface area (Å²) in [6.45, 7) is 6.30. The molecule has 0 spiro atoms. The van der Waals surface area contributed by atoms with Crippen molar-refractivity contribution in [1.29, 1.82) is 0 Å². The molecule has 0 saturated heterocycles. The number of hydrogen-bond acceptors (Lipinski definition) is 6. The van der Waals surface area contributed by atoms with E-state index < -0.39 is 0 Å². The van der Waals surface area contributed by atoms with Gasteiger partial charge in [0.2, 0.25) is 0 Å². The Kier molecular flexibility index (Phi) is 3.28. The molecule has 3 N–H and O–H groups in total. The van der Waals surface area contributed by atoms with Crippen LogP contribution in [0.2, 0.25) is 0 Å². The summed E-state index contributed by atoms with van der Waals surface area (Å²) in [6, 6.07) is 3.53. The van der Waals surface area contributed by atoms with Gasteiger partial charge in [0.15, 0.2) is 0 Å². The Morgan fingerprint density at radius 3 is 2.76 bits per heavy atom. The highest BCUT2D eigenvalue weighted by molar-refractivity contribution is 7.05. The topological polar surface area (TPSA) is 77.0 Å². The standard InChI is InChI=1S/C11H16N4OS/c1-11(2,3)10-9(17-15-14-10)8(13-12)7-5-4-6-16-7/h4-6,8,13H,12H2,1-3H3. The summed E-state index contributed by atoms with van der Waals surface area (Å²) in [5, 5.41) is 4.20. The van der Waals surface area contributed by atoms with E-state index in [-0.39, 0.29) is 11.5 Å².